The Labute approximate surface area is 190 Å². The minimum Gasteiger partial charge on any atom is -0.360 e. The molecule has 1 aromatic carbocycles. The molecule has 0 aliphatic rings. The maximum atomic E-state index is 12.9. The van der Waals surface area contributed by atoms with E-state index in [4.69, 9.17) is 21.3 Å². The Balaban J connectivity index is 1.87. The Morgan fingerprint density at radius 1 is 1.30 bits per heavy atom. The van der Waals surface area contributed by atoms with E-state index in [2.05, 4.69) is 24.9 Å². The smallest absolute Gasteiger partial charge is 0.254 e. The number of ether oxygens (including phenoxy) is 1. The molecule has 0 bridgehead atoms. The van der Waals surface area contributed by atoms with Crippen LogP contribution in [0, 0.1) is 5.92 Å². The van der Waals surface area contributed by atoms with Crippen molar-refractivity contribution in [3.63, 3.8) is 0 Å². The molecule has 0 radical (unpaired) electrons. The Bertz CT molecular complexity index is 1100. The summed E-state index contributed by atoms with van der Waals surface area (Å²) in [5, 5.41) is 1.67. The van der Waals surface area contributed by atoms with Crippen LogP contribution in [0.1, 0.15) is 56.8 Å². The zero-order valence-corrected chi connectivity index (χ0v) is 20.5. The third-order valence-electron chi connectivity index (χ3n) is 4.81. The minimum atomic E-state index is -0.367. The monoisotopic (exact) mass is 465 g/mol. The summed E-state index contributed by atoms with van der Waals surface area (Å²) in [6.45, 7) is 11.3. The minimum absolute atomic E-state index is 0.207. The van der Waals surface area contributed by atoms with E-state index in [0.717, 1.165) is 39.3 Å². The number of benzene rings is 1. The fourth-order valence-electron chi connectivity index (χ4n) is 3.15. The highest BCUT2D eigenvalue weighted by molar-refractivity contribution is 7.18. The van der Waals surface area contributed by atoms with Gasteiger partial charge in [-0.15, -0.1) is 11.3 Å². The van der Waals surface area contributed by atoms with Gasteiger partial charge in [0.05, 0.1) is 31.9 Å². The van der Waals surface area contributed by atoms with Gasteiger partial charge in [-0.05, 0) is 55.4 Å². The van der Waals surface area contributed by atoms with Gasteiger partial charge in [0, 0.05) is 13.0 Å². The first-order valence-electron chi connectivity index (χ1n) is 10.3. The largest absolute Gasteiger partial charge is 0.360 e. The van der Waals surface area contributed by atoms with Crippen LogP contribution in [0.15, 0.2) is 23.2 Å². The lowest BCUT2D eigenvalue weighted by atomic mass is 10.0. The lowest BCUT2D eigenvalue weighted by Gasteiger charge is -2.07. The van der Waals surface area contributed by atoms with Crippen LogP contribution in [-0.4, -0.2) is 21.5 Å². The van der Waals surface area contributed by atoms with Gasteiger partial charge in [0.25, 0.3) is 5.91 Å². The number of rotatable bonds is 8. The van der Waals surface area contributed by atoms with Crippen molar-refractivity contribution in [2.75, 3.05) is 6.61 Å². The van der Waals surface area contributed by atoms with Crippen molar-refractivity contribution >= 4 is 50.6 Å². The van der Waals surface area contributed by atoms with Crippen LogP contribution >= 0.6 is 34.5 Å². The predicted octanol–water partition coefficient (Wildman–Crippen LogP) is 5.80. The van der Waals surface area contributed by atoms with Crippen LogP contribution in [0.3, 0.4) is 0 Å². The molecular weight excluding hydrogens is 438 g/mol. The molecule has 0 saturated carbocycles. The Morgan fingerprint density at radius 3 is 2.73 bits per heavy atom. The second-order valence-corrected chi connectivity index (χ2v) is 10.1. The van der Waals surface area contributed by atoms with Crippen LogP contribution in [-0.2, 0) is 29.1 Å². The topological polar surface area (TPSA) is 56.5 Å². The number of carbonyl (C=O) groups is 1. The standard InChI is InChI=1S/C22H28ClN3O2S2/c1-6-17-20(23)22(30-26(17)12-28-7-2)25-21(27)14(5)15-8-9-18-16(11-15)24-19(29-18)10-13(3)4/h8-9,11,13-14H,6-7,10,12H2,1-5H3. The summed E-state index contributed by atoms with van der Waals surface area (Å²) in [5.74, 6) is -0.00652. The molecule has 0 fully saturated rings. The van der Waals surface area contributed by atoms with Gasteiger partial charge in [-0.1, -0.05) is 38.4 Å². The third kappa shape index (κ3) is 5.19. The van der Waals surface area contributed by atoms with Gasteiger partial charge in [-0.25, -0.2) is 4.98 Å². The summed E-state index contributed by atoms with van der Waals surface area (Å²) in [7, 11) is 0. The molecule has 30 heavy (non-hydrogen) atoms. The van der Waals surface area contributed by atoms with Gasteiger partial charge in [-0.2, -0.15) is 4.99 Å². The first-order valence-corrected chi connectivity index (χ1v) is 12.2. The molecule has 0 aliphatic carbocycles. The van der Waals surface area contributed by atoms with E-state index >= 15 is 0 Å². The number of amides is 1. The number of fused-ring (bicyclic) bond motifs is 1. The van der Waals surface area contributed by atoms with Crippen LogP contribution < -0.4 is 4.67 Å². The van der Waals surface area contributed by atoms with Crippen molar-refractivity contribution in [1.82, 2.24) is 8.94 Å². The number of thiazole rings is 1. The van der Waals surface area contributed by atoms with Crippen molar-refractivity contribution in [2.45, 2.75) is 60.1 Å². The highest BCUT2D eigenvalue weighted by Crippen LogP contribution is 2.28. The van der Waals surface area contributed by atoms with Crippen LogP contribution in [0.2, 0.25) is 5.02 Å². The maximum Gasteiger partial charge on any atom is 0.254 e. The van der Waals surface area contributed by atoms with Crippen LogP contribution in [0.25, 0.3) is 10.2 Å². The molecule has 5 nitrogen and oxygen atoms in total. The van der Waals surface area contributed by atoms with E-state index in [1.54, 1.807) is 11.3 Å². The normalized spacial score (nSPS) is 13.5. The fourth-order valence-corrected chi connectivity index (χ4v) is 5.74. The predicted molar refractivity (Wildman–Crippen MR) is 125 cm³/mol. The van der Waals surface area contributed by atoms with E-state index in [1.165, 1.54) is 11.5 Å². The molecule has 3 aromatic rings. The summed E-state index contributed by atoms with van der Waals surface area (Å²) in [6.07, 6.45) is 1.72. The number of aromatic nitrogens is 2. The van der Waals surface area contributed by atoms with Gasteiger partial charge in [0.1, 0.15) is 6.73 Å². The highest BCUT2D eigenvalue weighted by atomic mass is 35.5. The second kappa shape index (κ2) is 10.2. The Morgan fingerprint density at radius 2 is 2.07 bits per heavy atom. The molecular formula is C22H28ClN3O2S2. The molecule has 1 atom stereocenters. The van der Waals surface area contributed by atoms with Crippen LogP contribution in [0.4, 0.5) is 0 Å². The molecule has 8 heteroatoms. The Kier molecular flexibility index (Phi) is 7.85. The number of hydrogen-bond acceptors (Lipinski definition) is 5. The molecule has 1 amide bonds. The molecule has 2 heterocycles. The highest BCUT2D eigenvalue weighted by Gasteiger charge is 2.18. The van der Waals surface area contributed by atoms with Crippen molar-refractivity contribution in [2.24, 2.45) is 10.9 Å². The van der Waals surface area contributed by atoms with Crippen LogP contribution in [0.5, 0.6) is 0 Å². The molecule has 0 saturated heterocycles. The van der Waals surface area contributed by atoms with E-state index in [0.29, 0.717) is 28.9 Å². The number of nitrogens with zero attached hydrogens (tertiary/aromatic N) is 3. The summed E-state index contributed by atoms with van der Waals surface area (Å²) in [4.78, 5) is 22.0. The molecule has 0 N–H and O–H groups in total. The maximum absolute atomic E-state index is 12.9. The zero-order chi connectivity index (χ0) is 21.8. The van der Waals surface area contributed by atoms with Gasteiger partial charge in [0.15, 0.2) is 4.67 Å². The van der Waals surface area contributed by atoms with Crippen molar-refractivity contribution < 1.29 is 9.53 Å². The average molecular weight is 466 g/mol. The van der Waals surface area contributed by atoms with E-state index < -0.39 is 0 Å². The van der Waals surface area contributed by atoms with Crippen molar-refractivity contribution in [1.29, 1.82) is 0 Å². The van der Waals surface area contributed by atoms with Gasteiger partial charge >= 0.3 is 0 Å². The van der Waals surface area contributed by atoms with E-state index in [1.807, 2.05) is 36.9 Å². The third-order valence-corrected chi connectivity index (χ3v) is 7.39. The van der Waals surface area contributed by atoms with E-state index in [-0.39, 0.29) is 11.8 Å². The first kappa shape index (κ1) is 23.1. The van der Waals surface area contributed by atoms with Gasteiger partial charge < -0.3 is 4.74 Å². The summed E-state index contributed by atoms with van der Waals surface area (Å²) in [5.41, 5.74) is 2.81. The molecule has 0 aliphatic heterocycles. The molecule has 1 unspecified atom stereocenters. The quantitative estimate of drug-likeness (QED) is 0.422. The lowest BCUT2D eigenvalue weighted by Crippen LogP contribution is -2.10. The summed E-state index contributed by atoms with van der Waals surface area (Å²) < 4.78 is 9.15. The molecule has 2 aromatic heterocycles. The number of hydrogen-bond donors (Lipinski definition) is 0. The summed E-state index contributed by atoms with van der Waals surface area (Å²) in [6, 6.07) is 6.07. The molecule has 3 rings (SSSR count). The average Bonchev–Trinajstić information content (AvgIpc) is 3.24. The second-order valence-electron chi connectivity index (χ2n) is 7.62. The first-order chi connectivity index (χ1) is 14.3. The number of carbonyl (C=O) groups excluding carboxylic acids is 1. The van der Waals surface area contributed by atoms with Gasteiger partial charge in [-0.3, -0.25) is 8.75 Å². The Hall–Kier alpha value is -1.54. The van der Waals surface area contributed by atoms with Crippen molar-refractivity contribution in [3.8, 4) is 0 Å². The van der Waals surface area contributed by atoms with Crippen molar-refractivity contribution in [3.05, 3.63) is 44.2 Å². The molecule has 0 spiro atoms. The molecule has 162 valence electrons. The number of halogens is 1. The zero-order valence-electron chi connectivity index (χ0n) is 18.1. The van der Waals surface area contributed by atoms with E-state index in [9.17, 15) is 4.79 Å². The van der Waals surface area contributed by atoms with Gasteiger partial charge in [0.2, 0.25) is 0 Å². The summed E-state index contributed by atoms with van der Waals surface area (Å²) >= 11 is 9.59. The lowest BCUT2D eigenvalue weighted by molar-refractivity contribution is -0.119. The fraction of sp³-hybridized carbons (Fsp3) is 0.500. The SMILES string of the molecule is CCOCn1sc(=NC(=O)C(C)c2ccc3sc(CC(C)C)nc3c2)c(Cl)c1CC.